The van der Waals surface area contributed by atoms with Crippen molar-refractivity contribution in [2.75, 3.05) is 27.0 Å². The first-order valence-corrected chi connectivity index (χ1v) is 14.9. The maximum atomic E-state index is 13.2. The van der Waals surface area contributed by atoms with Crippen molar-refractivity contribution in [1.82, 2.24) is 9.80 Å². The van der Waals surface area contributed by atoms with Crippen molar-refractivity contribution in [1.29, 1.82) is 0 Å². The molecule has 0 aliphatic heterocycles. The molecule has 0 aliphatic carbocycles. The number of esters is 1. The molecule has 0 bridgehead atoms. The van der Waals surface area contributed by atoms with E-state index >= 15 is 0 Å². The van der Waals surface area contributed by atoms with Crippen molar-refractivity contribution in [3.8, 4) is 11.1 Å². The van der Waals surface area contributed by atoms with Gasteiger partial charge in [0.1, 0.15) is 6.34 Å². The molecular weight excluding hydrogens is 524 g/mol. The summed E-state index contributed by atoms with van der Waals surface area (Å²) in [5.74, 6) is -0.885. The van der Waals surface area contributed by atoms with Gasteiger partial charge in [-0.05, 0) is 36.8 Å². The number of unbranched alkanes of at least 4 members (excludes halogenated alkanes) is 1. The number of carbonyl (C=O) groups is 2. The van der Waals surface area contributed by atoms with E-state index in [0.29, 0.717) is 17.5 Å². The van der Waals surface area contributed by atoms with Gasteiger partial charge >= 0.3 is 5.97 Å². The number of amides is 1. The maximum absolute atomic E-state index is 13.2. The molecule has 0 fully saturated rings. The highest BCUT2D eigenvalue weighted by Gasteiger charge is 2.28. The summed E-state index contributed by atoms with van der Waals surface area (Å²) < 4.78 is 34.7. The largest absolute Gasteiger partial charge is 0.461 e. The van der Waals surface area contributed by atoms with Crippen LogP contribution in [0.1, 0.15) is 38.7 Å². The van der Waals surface area contributed by atoms with Crippen LogP contribution in [0, 0.1) is 0 Å². The average molecular weight is 561 g/mol. The van der Waals surface area contributed by atoms with Crippen LogP contribution in [0.3, 0.4) is 0 Å². The molecule has 38 heavy (non-hydrogen) atoms. The van der Waals surface area contributed by atoms with E-state index in [1.165, 1.54) is 29.1 Å². The summed E-state index contributed by atoms with van der Waals surface area (Å²) in [7, 11) is -0.541. The minimum atomic E-state index is -3.92. The molecule has 0 saturated carbocycles. The first-order valence-electron chi connectivity index (χ1n) is 12.2. The molecule has 2 aromatic carbocycles. The van der Waals surface area contributed by atoms with Crippen molar-refractivity contribution >= 4 is 40.0 Å². The van der Waals surface area contributed by atoms with E-state index in [9.17, 15) is 18.0 Å². The lowest BCUT2D eigenvalue weighted by Gasteiger charge is -2.26. The van der Waals surface area contributed by atoms with Crippen LogP contribution in [0.2, 0.25) is 0 Å². The Kier molecular flexibility index (Phi) is 11.9. The minimum Gasteiger partial charge on any atom is -0.461 e. The molecule has 0 radical (unpaired) electrons. The topological polar surface area (TPSA) is 122 Å². The number of nitrogens with two attached hydrogens (primary N) is 1. The summed E-state index contributed by atoms with van der Waals surface area (Å²) in [6.07, 6.45) is 4.73. The molecular formula is C27H36N4O5S2. The summed E-state index contributed by atoms with van der Waals surface area (Å²) >= 11 is 1.17. The third-order valence-corrected chi connectivity index (χ3v) is 7.34. The zero-order valence-electron chi connectivity index (χ0n) is 22.5. The molecule has 1 amide bonds. The van der Waals surface area contributed by atoms with E-state index in [-0.39, 0.29) is 41.1 Å². The number of ether oxygens (including phenoxy) is 1. The first-order chi connectivity index (χ1) is 18.0. The highest BCUT2D eigenvalue weighted by atomic mass is 32.2. The second-order valence-electron chi connectivity index (χ2n) is 8.57. The summed E-state index contributed by atoms with van der Waals surface area (Å²) in [4.78, 5) is 29.0. The van der Waals surface area contributed by atoms with Crippen molar-refractivity contribution in [3.05, 3.63) is 64.8 Å². The van der Waals surface area contributed by atoms with Gasteiger partial charge in [-0.15, -0.1) is 16.2 Å². The molecule has 0 spiro atoms. The third kappa shape index (κ3) is 8.35. The standard InChI is InChI=1S/C27H36N4O5S2/c1-6-8-13-24(32)31(25(26(28)37-5)27(33)36-7-2)18-20-14-16-21(17-15-20)22-11-9-10-12-23(22)38(34,35)29-19-30(3)4/h9-12,14-17,19H,6-8,13,18,28H2,1-5H3. The number of thioether (sulfide) groups is 1. The molecule has 0 heterocycles. The molecule has 0 aromatic heterocycles. The number of carbonyl (C=O) groups excluding carboxylic acids is 2. The minimum absolute atomic E-state index is 0.0275. The van der Waals surface area contributed by atoms with Gasteiger partial charge in [-0.1, -0.05) is 55.8 Å². The molecule has 206 valence electrons. The summed E-state index contributed by atoms with van der Waals surface area (Å²) in [6.45, 7) is 3.93. The Morgan fingerprint density at radius 2 is 1.74 bits per heavy atom. The zero-order valence-corrected chi connectivity index (χ0v) is 24.1. The van der Waals surface area contributed by atoms with Crippen LogP contribution >= 0.6 is 11.8 Å². The van der Waals surface area contributed by atoms with Crippen LogP contribution in [0.4, 0.5) is 0 Å². The molecule has 2 N–H and O–H groups in total. The number of sulfonamides is 1. The molecule has 9 nitrogen and oxygen atoms in total. The second kappa shape index (κ2) is 14.6. The van der Waals surface area contributed by atoms with Crippen LogP contribution in [-0.2, 0) is 30.9 Å². The van der Waals surface area contributed by atoms with Crippen molar-refractivity contribution in [2.45, 2.75) is 44.6 Å². The van der Waals surface area contributed by atoms with Gasteiger partial charge in [-0.3, -0.25) is 9.69 Å². The highest BCUT2D eigenvalue weighted by Crippen LogP contribution is 2.29. The Hall–Kier alpha value is -3.31. The Labute approximate surface area is 229 Å². The summed E-state index contributed by atoms with van der Waals surface area (Å²) in [6, 6.07) is 13.8. The van der Waals surface area contributed by atoms with Gasteiger partial charge in [-0.2, -0.15) is 8.42 Å². The molecule has 0 saturated heterocycles. The molecule has 0 atom stereocenters. The van der Waals surface area contributed by atoms with Gasteiger partial charge in [0.15, 0.2) is 5.70 Å². The number of nitrogens with zero attached hydrogens (tertiary/aromatic N) is 3. The fourth-order valence-electron chi connectivity index (χ4n) is 3.51. The van der Waals surface area contributed by atoms with E-state index in [0.717, 1.165) is 12.0 Å². The van der Waals surface area contributed by atoms with Crippen LogP contribution < -0.4 is 5.73 Å². The second-order valence-corrected chi connectivity index (χ2v) is 11.0. The monoisotopic (exact) mass is 560 g/mol. The fraction of sp³-hybridized carbons (Fsp3) is 0.370. The van der Waals surface area contributed by atoms with Crippen LogP contribution in [-0.4, -0.2) is 63.4 Å². The summed E-state index contributed by atoms with van der Waals surface area (Å²) in [5, 5.41) is 0.197. The Morgan fingerprint density at radius 3 is 2.32 bits per heavy atom. The van der Waals surface area contributed by atoms with E-state index in [4.69, 9.17) is 10.5 Å². The van der Waals surface area contributed by atoms with Gasteiger partial charge < -0.3 is 15.4 Å². The zero-order chi connectivity index (χ0) is 28.3. The van der Waals surface area contributed by atoms with Crippen molar-refractivity contribution < 1.29 is 22.7 Å². The first kappa shape index (κ1) is 30.9. The maximum Gasteiger partial charge on any atom is 0.357 e. The van der Waals surface area contributed by atoms with Gasteiger partial charge in [0.05, 0.1) is 23.1 Å². The summed E-state index contributed by atoms with van der Waals surface area (Å²) in [5.41, 5.74) is 8.08. The van der Waals surface area contributed by atoms with Crippen LogP contribution in [0.15, 0.2) is 68.6 Å². The van der Waals surface area contributed by atoms with Crippen molar-refractivity contribution in [2.24, 2.45) is 10.1 Å². The number of hydrogen-bond acceptors (Lipinski definition) is 7. The van der Waals surface area contributed by atoms with Crippen LogP contribution in [0.25, 0.3) is 11.1 Å². The quantitative estimate of drug-likeness (QED) is 0.167. The van der Waals surface area contributed by atoms with E-state index < -0.39 is 16.0 Å². The molecule has 0 unspecified atom stereocenters. The predicted octanol–water partition coefficient (Wildman–Crippen LogP) is 4.20. The van der Waals surface area contributed by atoms with Gasteiger partial charge in [0, 0.05) is 26.1 Å². The third-order valence-electron chi connectivity index (χ3n) is 5.42. The van der Waals surface area contributed by atoms with E-state index in [1.807, 2.05) is 6.92 Å². The Morgan fingerprint density at radius 1 is 1.08 bits per heavy atom. The fourth-order valence-corrected chi connectivity index (χ4v) is 5.04. The SMILES string of the molecule is CCCCC(=O)N(Cc1ccc(-c2ccccc2S(=O)(=O)N=CN(C)C)cc1)C(C(=O)OCC)=C(N)SC. The molecule has 2 aromatic rings. The smallest absolute Gasteiger partial charge is 0.357 e. The molecule has 2 rings (SSSR count). The average Bonchev–Trinajstić information content (AvgIpc) is 2.90. The van der Waals surface area contributed by atoms with E-state index in [2.05, 4.69) is 4.40 Å². The van der Waals surface area contributed by atoms with Crippen LogP contribution in [0.5, 0.6) is 0 Å². The number of hydrogen-bond donors (Lipinski definition) is 1. The molecule has 0 aliphatic rings. The Bertz CT molecular complexity index is 1270. The predicted molar refractivity (Wildman–Crippen MR) is 153 cm³/mol. The highest BCUT2D eigenvalue weighted by molar-refractivity contribution is 8.02. The normalized spacial score (nSPS) is 12.2. The lowest BCUT2D eigenvalue weighted by molar-refractivity contribution is -0.144. The van der Waals surface area contributed by atoms with Crippen molar-refractivity contribution in [3.63, 3.8) is 0 Å². The van der Waals surface area contributed by atoms with E-state index in [1.54, 1.807) is 74.6 Å². The van der Waals surface area contributed by atoms with Gasteiger partial charge in [0.25, 0.3) is 10.0 Å². The van der Waals surface area contributed by atoms with Gasteiger partial charge in [-0.25, -0.2) is 4.79 Å². The molecule has 11 heteroatoms. The Balaban J connectivity index is 2.47. The lowest BCUT2D eigenvalue weighted by Crippen LogP contribution is -2.36. The number of rotatable bonds is 13. The number of benzene rings is 2. The lowest BCUT2D eigenvalue weighted by atomic mass is 10.0. The van der Waals surface area contributed by atoms with Gasteiger partial charge in [0.2, 0.25) is 5.91 Å².